The molecule has 0 amide bonds. The second kappa shape index (κ2) is 5.20. The minimum absolute atomic E-state index is 0.107. The van der Waals surface area contributed by atoms with Gasteiger partial charge in [-0.1, -0.05) is 6.07 Å². The third kappa shape index (κ3) is 2.38. The Balaban J connectivity index is 1.98. The summed E-state index contributed by atoms with van der Waals surface area (Å²) in [5.74, 6) is 0.0787. The molecule has 4 nitrogen and oxygen atoms in total. The number of anilines is 1. The lowest BCUT2D eigenvalue weighted by Gasteiger charge is -2.25. The van der Waals surface area contributed by atoms with Crippen LogP contribution in [0.1, 0.15) is 11.7 Å². The van der Waals surface area contributed by atoms with E-state index >= 15 is 0 Å². The van der Waals surface area contributed by atoms with Crippen LogP contribution in [0, 0.1) is 5.82 Å². The van der Waals surface area contributed by atoms with Crippen LogP contribution in [-0.4, -0.2) is 17.5 Å². The van der Waals surface area contributed by atoms with Gasteiger partial charge in [0, 0.05) is 16.4 Å². The lowest BCUT2D eigenvalue weighted by atomic mass is 10.1. The summed E-state index contributed by atoms with van der Waals surface area (Å²) in [7, 11) is 0. The molecule has 0 fully saturated rings. The Kier molecular flexibility index (Phi) is 3.40. The van der Waals surface area contributed by atoms with Crippen LogP contribution in [0.2, 0.25) is 0 Å². The Morgan fingerprint density at radius 1 is 1.30 bits per heavy atom. The number of benzene rings is 1. The molecule has 0 saturated carbocycles. The van der Waals surface area contributed by atoms with Crippen molar-refractivity contribution in [3.63, 3.8) is 0 Å². The molecule has 0 aliphatic carbocycles. The average molecular weight is 335 g/mol. The van der Waals surface area contributed by atoms with E-state index in [9.17, 15) is 4.39 Å². The molecule has 102 valence electrons. The zero-order valence-corrected chi connectivity index (χ0v) is 12.1. The second-order valence-corrected chi connectivity index (χ2v) is 5.38. The maximum Gasteiger partial charge on any atom is 0.196 e. The SMILES string of the molecule is NC1=NCC(c2ccc(Br)cn2)N1c1cccc(F)c1. The van der Waals surface area contributed by atoms with Gasteiger partial charge in [0.05, 0.1) is 18.3 Å². The van der Waals surface area contributed by atoms with Gasteiger partial charge in [-0.05, 0) is 46.3 Å². The first-order chi connectivity index (χ1) is 9.65. The van der Waals surface area contributed by atoms with Gasteiger partial charge in [0.1, 0.15) is 5.82 Å². The molecule has 2 heterocycles. The lowest BCUT2D eigenvalue weighted by molar-refractivity contribution is 0.626. The highest BCUT2D eigenvalue weighted by Gasteiger charge is 2.29. The highest BCUT2D eigenvalue weighted by molar-refractivity contribution is 9.10. The highest BCUT2D eigenvalue weighted by Crippen LogP contribution is 2.30. The maximum atomic E-state index is 13.4. The van der Waals surface area contributed by atoms with Crippen molar-refractivity contribution in [3.8, 4) is 0 Å². The number of guanidine groups is 1. The molecule has 2 N–H and O–H groups in total. The van der Waals surface area contributed by atoms with Crippen LogP contribution in [0.5, 0.6) is 0 Å². The van der Waals surface area contributed by atoms with Gasteiger partial charge in [0.15, 0.2) is 5.96 Å². The number of aromatic nitrogens is 1. The van der Waals surface area contributed by atoms with Crippen LogP contribution in [0.4, 0.5) is 10.1 Å². The Morgan fingerprint density at radius 2 is 2.15 bits per heavy atom. The normalized spacial score (nSPS) is 18.2. The Labute approximate surface area is 124 Å². The summed E-state index contributed by atoms with van der Waals surface area (Å²) in [5, 5.41) is 0. The molecule has 2 aromatic rings. The van der Waals surface area contributed by atoms with Crippen molar-refractivity contribution in [3.05, 3.63) is 58.6 Å². The molecule has 0 radical (unpaired) electrons. The Bertz CT molecular complexity index is 656. The minimum atomic E-state index is -0.301. The minimum Gasteiger partial charge on any atom is -0.369 e. The summed E-state index contributed by atoms with van der Waals surface area (Å²) >= 11 is 3.36. The molecule has 0 spiro atoms. The monoisotopic (exact) mass is 334 g/mol. The van der Waals surface area contributed by atoms with Gasteiger partial charge >= 0.3 is 0 Å². The first-order valence-electron chi connectivity index (χ1n) is 6.11. The van der Waals surface area contributed by atoms with Gasteiger partial charge in [-0.2, -0.15) is 0 Å². The van der Waals surface area contributed by atoms with Crippen molar-refractivity contribution in [2.75, 3.05) is 11.4 Å². The molecule has 3 rings (SSSR count). The van der Waals surface area contributed by atoms with E-state index in [2.05, 4.69) is 25.9 Å². The average Bonchev–Trinajstić information content (AvgIpc) is 2.81. The molecule has 0 bridgehead atoms. The summed E-state index contributed by atoms with van der Waals surface area (Å²) in [6.45, 7) is 0.511. The molecule has 6 heteroatoms. The molecule has 1 unspecified atom stereocenters. The van der Waals surface area contributed by atoms with Crippen molar-refractivity contribution in [2.45, 2.75) is 6.04 Å². The number of hydrogen-bond donors (Lipinski definition) is 1. The van der Waals surface area contributed by atoms with Crippen LogP contribution < -0.4 is 10.6 Å². The number of nitrogens with two attached hydrogens (primary N) is 1. The number of halogens is 2. The smallest absolute Gasteiger partial charge is 0.196 e. The number of aliphatic imine (C=N–C) groups is 1. The molecule has 20 heavy (non-hydrogen) atoms. The topological polar surface area (TPSA) is 54.5 Å². The maximum absolute atomic E-state index is 13.4. The fourth-order valence-electron chi connectivity index (χ4n) is 2.25. The molecule has 0 saturated heterocycles. The predicted octanol–water partition coefficient (Wildman–Crippen LogP) is 2.86. The summed E-state index contributed by atoms with van der Waals surface area (Å²) in [6, 6.07) is 10.0. The predicted molar refractivity (Wildman–Crippen MR) is 80.0 cm³/mol. The van der Waals surface area contributed by atoms with Crippen molar-refractivity contribution in [2.24, 2.45) is 10.7 Å². The zero-order valence-electron chi connectivity index (χ0n) is 10.5. The van der Waals surface area contributed by atoms with E-state index in [0.717, 1.165) is 10.2 Å². The van der Waals surface area contributed by atoms with E-state index in [-0.39, 0.29) is 11.9 Å². The van der Waals surface area contributed by atoms with Crippen molar-refractivity contribution in [1.29, 1.82) is 0 Å². The van der Waals surface area contributed by atoms with Crippen LogP contribution in [0.25, 0.3) is 0 Å². The Morgan fingerprint density at radius 3 is 2.85 bits per heavy atom. The van der Waals surface area contributed by atoms with Gasteiger partial charge in [-0.25, -0.2) is 4.39 Å². The van der Waals surface area contributed by atoms with E-state index in [1.807, 2.05) is 18.2 Å². The highest BCUT2D eigenvalue weighted by atomic mass is 79.9. The second-order valence-electron chi connectivity index (χ2n) is 4.47. The van der Waals surface area contributed by atoms with Crippen LogP contribution in [-0.2, 0) is 0 Å². The fourth-order valence-corrected chi connectivity index (χ4v) is 2.48. The summed E-state index contributed by atoms with van der Waals surface area (Å²) in [6.07, 6.45) is 1.73. The summed E-state index contributed by atoms with van der Waals surface area (Å²) in [4.78, 5) is 10.4. The fraction of sp³-hybridized carbons (Fsp3) is 0.143. The lowest BCUT2D eigenvalue weighted by Crippen LogP contribution is -2.36. The quantitative estimate of drug-likeness (QED) is 0.918. The van der Waals surface area contributed by atoms with Gasteiger partial charge in [-0.3, -0.25) is 9.98 Å². The molecular weight excluding hydrogens is 323 g/mol. The molecule has 1 aromatic heterocycles. The van der Waals surface area contributed by atoms with Crippen LogP contribution in [0.15, 0.2) is 52.1 Å². The summed E-state index contributed by atoms with van der Waals surface area (Å²) in [5.41, 5.74) is 7.46. The first kappa shape index (κ1) is 13.1. The van der Waals surface area contributed by atoms with Gasteiger partial charge in [0.2, 0.25) is 0 Å². The Hall–Kier alpha value is -1.95. The molecule has 1 aliphatic heterocycles. The van der Waals surface area contributed by atoms with E-state index < -0.39 is 0 Å². The largest absolute Gasteiger partial charge is 0.369 e. The van der Waals surface area contributed by atoms with Crippen molar-refractivity contribution >= 4 is 27.6 Å². The van der Waals surface area contributed by atoms with Crippen molar-refractivity contribution < 1.29 is 4.39 Å². The van der Waals surface area contributed by atoms with E-state index in [0.29, 0.717) is 18.2 Å². The molecule has 1 aliphatic rings. The number of hydrogen-bond acceptors (Lipinski definition) is 4. The van der Waals surface area contributed by atoms with Gasteiger partial charge in [0.25, 0.3) is 0 Å². The molecule has 1 aromatic carbocycles. The number of rotatable bonds is 2. The molecular formula is C14H12BrFN4. The van der Waals surface area contributed by atoms with E-state index in [1.165, 1.54) is 12.1 Å². The summed E-state index contributed by atoms with van der Waals surface area (Å²) < 4.78 is 14.3. The standard InChI is InChI=1S/C14H12BrFN4/c15-9-4-5-12(18-7-9)13-8-19-14(17)20(13)11-3-1-2-10(16)6-11/h1-7,13H,8H2,(H2,17,19). The van der Waals surface area contributed by atoms with Crippen LogP contribution in [0.3, 0.4) is 0 Å². The van der Waals surface area contributed by atoms with Crippen LogP contribution >= 0.6 is 15.9 Å². The zero-order chi connectivity index (χ0) is 14.1. The van der Waals surface area contributed by atoms with E-state index in [1.54, 1.807) is 17.2 Å². The number of nitrogens with zero attached hydrogens (tertiary/aromatic N) is 3. The van der Waals surface area contributed by atoms with Gasteiger partial charge in [-0.15, -0.1) is 0 Å². The third-order valence-corrected chi connectivity index (χ3v) is 3.63. The first-order valence-corrected chi connectivity index (χ1v) is 6.90. The third-order valence-electron chi connectivity index (χ3n) is 3.16. The molecule has 1 atom stereocenters. The van der Waals surface area contributed by atoms with Gasteiger partial charge < -0.3 is 10.6 Å². The van der Waals surface area contributed by atoms with E-state index in [4.69, 9.17) is 5.73 Å². The van der Waals surface area contributed by atoms with Crippen molar-refractivity contribution in [1.82, 2.24) is 4.98 Å². The number of pyridine rings is 1.